The van der Waals surface area contributed by atoms with E-state index in [1.54, 1.807) is 16.4 Å². The van der Waals surface area contributed by atoms with Crippen molar-refractivity contribution in [2.75, 3.05) is 6.54 Å². The Morgan fingerprint density at radius 2 is 1.82 bits per heavy atom. The summed E-state index contributed by atoms with van der Waals surface area (Å²) < 4.78 is 59.6. The fraction of sp³-hybridized carbons (Fsp3) is 0.214. The minimum atomic E-state index is -4.37. The van der Waals surface area contributed by atoms with Crippen LogP contribution in [-0.2, 0) is 27.2 Å². The van der Waals surface area contributed by atoms with Gasteiger partial charge in [-0.05, 0) is 66.7 Å². The number of para-hydroxylation sites is 1. The highest BCUT2D eigenvalue weighted by Crippen LogP contribution is 2.34. The number of rotatable bonds is 7. The first-order valence-electron chi connectivity index (χ1n) is 12.0. The molecule has 5 nitrogen and oxygen atoms in total. The fourth-order valence-electron chi connectivity index (χ4n) is 4.46. The monoisotopic (exact) mass is 558 g/mol. The van der Waals surface area contributed by atoms with Crippen molar-refractivity contribution >= 4 is 44.2 Å². The summed E-state index contributed by atoms with van der Waals surface area (Å²) in [5.41, 5.74) is 0.770. The molecule has 5 rings (SSSR count). The molecular weight excluding hydrogens is 533 g/mol. The van der Waals surface area contributed by atoms with Gasteiger partial charge in [0.05, 0.1) is 15.3 Å². The summed E-state index contributed by atoms with van der Waals surface area (Å²) in [7, 11) is -3.00. The van der Waals surface area contributed by atoms with Crippen LogP contribution in [0.1, 0.15) is 24.0 Å². The van der Waals surface area contributed by atoms with E-state index >= 15 is 0 Å². The quantitative estimate of drug-likeness (QED) is 0.268. The number of amides is 1. The van der Waals surface area contributed by atoms with Gasteiger partial charge in [-0.1, -0.05) is 42.1 Å². The van der Waals surface area contributed by atoms with Gasteiger partial charge < -0.3 is 9.73 Å². The number of hydrogen-bond acceptors (Lipinski definition) is 4. The van der Waals surface area contributed by atoms with Crippen molar-refractivity contribution < 1.29 is 26.6 Å². The highest BCUT2D eigenvalue weighted by Gasteiger charge is 2.37. The van der Waals surface area contributed by atoms with Gasteiger partial charge >= 0.3 is 6.18 Å². The molecule has 1 amide bonds. The number of fused-ring (bicyclic) bond motifs is 1. The summed E-state index contributed by atoms with van der Waals surface area (Å²) in [5, 5.41) is 4.02. The zero-order valence-corrected chi connectivity index (χ0v) is 21.9. The standard InChI is InChI=1S/C28H25F3N2O3S2/c1-38(35,26-17-20-7-2-3-10-25(20)36-26)33-15-5-9-24(33)27(34)32-18-19-6-4-8-23(16-19)37-22-13-11-21(12-14-22)28(29,30)31/h2-4,6-8,10-14,16-17,24H,1,5,9,15,18H2,(H,32,34). The summed E-state index contributed by atoms with van der Waals surface area (Å²) in [6.45, 7) is 0.726. The van der Waals surface area contributed by atoms with Crippen LogP contribution in [0.5, 0.6) is 0 Å². The molecular formula is C28H25F3N2O3S2. The first kappa shape index (κ1) is 26.4. The molecule has 0 radical (unpaired) electrons. The zero-order chi connectivity index (χ0) is 26.9. The minimum absolute atomic E-state index is 0.240. The van der Waals surface area contributed by atoms with Crippen LogP contribution < -0.4 is 5.32 Å². The maximum Gasteiger partial charge on any atom is 0.416 e. The highest BCUT2D eigenvalue weighted by molar-refractivity contribution is 7.99. The van der Waals surface area contributed by atoms with Gasteiger partial charge in [-0.25, -0.2) is 8.51 Å². The summed E-state index contributed by atoms with van der Waals surface area (Å²) in [6.07, 6.45) is -3.10. The topological polar surface area (TPSA) is 62.6 Å². The lowest BCUT2D eigenvalue weighted by atomic mass is 10.2. The van der Waals surface area contributed by atoms with Crippen LogP contribution in [0.3, 0.4) is 0 Å². The van der Waals surface area contributed by atoms with Gasteiger partial charge in [-0.15, -0.1) is 0 Å². The van der Waals surface area contributed by atoms with Gasteiger partial charge in [0.25, 0.3) is 0 Å². The summed E-state index contributed by atoms with van der Waals surface area (Å²) in [5.74, 6) is 3.71. The number of carbonyl (C=O) groups excluding carboxylic acids is 1. The highest BCUT2D eigenvalue weighted by atomic mass is 32.2. The summed E-state index contributed by atoms with van der Waals surface area (Å²) >= 11 is 1.34. The molecule has 4 aromatic rings. The second kappa shape index (κ2) is 10.5. The predicted octanol–water partition coefficient (Wildman–Crippen LogP) is 6.37. The molecule has 2 atom stereocenters. The molecule has 1 N–H and O–H groups in total. The second-order valence-corrected chi connectivity index (χ2v) is 12.3. The van der Waals surface area contributed by atoms with E-state index in [4.69, 9.17) is 4.42 Å². The molecule has 0 aliphatic carbocycles. The molecule has 0 spiro atoms. The van der Waals surface area contributed by atoms with Gasteiger partial charge in [0.15, 0.2) is 5.09 Å². The molecule has 198 valence electrons. The van der Waals surface area contributed by atoms with Crippen molar-refractivity contribution in [1.82, 2.24) is 9.62 Å². The van der Waals surface area contributed by atoms with E-state index in [1.165, 1.54) is 23.9 Å². The van der Waals surface area contributed by atoms with Gasteiger partial charge in [0.1, 0.15) is 11.6 Å². The van der Waals surface area contributed by atoms with Crippen molar-refractivity contribution in [3.05, 3.63) is 90.0 Å². The molecule has 0 saturated carbocycles. The van der Waals surface area contributed by atoms with Crippen LogP contribution >= 0.6 is 11.8 Å². The number of benzene rings is 3. The first-order valence-corrected chi connectivity index (χ1v) is 14.5. The van der Waals surface area contributed by atoms with E-state index in [-0.39, 0.29) is 17.5 Å². The van der Waals surface area contributed by atoms with Crippen molar-refractivity contribution in [1.29, 1.82) is 0 Å². The molecule has 10 heteroatoms. The minimum Gasteiger partial charge on any atom is -0.447 e. The third-order valence-corrected chi connectivity index (χ3v) is 9.41. The van der Waals surface area contributed by atoms with Crippen LogP contribution in [0.15, 0.2) is 98.2 Å². The number of nitrogens with zero attached hydrogens (tertiary/aromatic N) is 1. The van der Waals surface area contributed by atoms with E-state index in [0.717, 1.165) is 28.0 Å². The largest absolute Gasteiger partial charge is 0.447 e. The molecule has 1 saturated heterocycles. The maximum atomic E-state index is 13.7. The molecule has 1 aliphatic heterocycles. The van der Waals surface area contributed by atoms with E-state index in [1.807, 2.05) is 42.5 Å². The van der Waals surface area contributed by atoms with Crippen LogP contribution in [0, 0.1) is 0 Å². The SMILES string of the molecule is C=S(=O)(c1cc2ccccc2o1)N1CCCC1C(=O)NCc1cccc(Sc2ccc(C(F)(F)F)cc2)c1. The molecule has 1 aliphatic rings. The average molecular weight is 559 g/mol. The van der Waals surface area contributed by atoms with E-state index < -0.39 is 27.5 Å². The smallest absolute Gasteiger partial charge is 0.416 e. The summed E-state index contributed by atoms with van der Waals surface area (Å²) in [6, 6.07) is 20.9. The van der Waals surface area contributed by atoms with E-state index in [9.17, 15) is 22.2 Å². The predicted molar refractivity (Wildman–Crippen MR) is 143 cm³/mol. The average Bonchev–Trinajstić information content (AvgIpc) is 3.56. The van der Waals surface area contributed by atoms with Crippen molar-refractivity contribution in [3.8, 4) is 0 Å². The fourth-order valence-corrected chi connectivity index (χ4v) is 7.16. The second-order valence-electron chi connectivity index (χ2n) is 9.03. The number of nitrogens with one attached hydrogen (secondary N) is 1. The summed E-state index contributed by atoms with van der Waals surface area (Å²) in [4.78, 5) is 14.6. The van der Waals surface area contributed by atoms with E-state index in [2.05, 4.69) is 11.2 Å². The molecule has 1 aromatic heterocycles. The number of alkyl halides is 3. The first-order chi connectivity index (χ1) is 18.1. The van der Waals surface area contributed by atoms with Gasteiger partial charge in [-0.2, -0.15) is 13.2 Å². The molecule has 3 aromatic carbocycles. The number of halogens is 3. The Morgan fingerprint density at radius 1 is 1.05 bits per heavy atom. The molecule has 2 heterocycles. The Labute approximate surface area is 223 Å². The molecule has 0 bridgehead atoms. The van der Waals surface area contributed by atoms with E-state index in [0.29, 0.717) is 29.9 Å². The molecule has 2 unspecified atom stereocenters. The zero-order valence-electron chi connectivity index (χ0n) is 20.2. The van der Waals surface area contributed by atoms with Crippen LogP contribution in [0.25, 0.3) is 11.0 Å². The maximum absolute atomic E-state index is 13.7. The lowest BCUT2D eigenvalue weighted by Gasteiger charge is -2.25. The number of furan rings is 1. The molecule has 38 heavy (non-hydrogen) atoms. The van der Waals surface area contributed by atoms with Crippen molar-refractivity contribution in [3.63, 3.8) is 0 Å². The number of carbonyl (C=O) groups is 1. The Balaban J connectivity index is 1.24. The van der Waals surface area contributed by atoms with Gasteiger partial charge in [-0.3, -0.25) is 4.79 Å². The van der Waals surface area contributed by atoms with Gasteiger partial charge in [0, 0.05) is 34.3 Å². The van der Waals surface area contributed by atoms with Crippen molar-refractivity contribution in [2.24, 2.45) is 0 Å². The third-order valence-electron chi connectivity index (χ3n) is 6.38. The van der Waals surface area contributed by atoms with Gasteiger partial charge in [0.2, 0.25) is 5.91 Å². The van der Waals surface area contributed by atoms with Crippen molar-refractivity contribution in [2.45, 2.75) is 46.5 Å². The lowest BCUT2D eigenvalue weighted by molar-refractivity contribution is -0.137. The third kappa shape index (κ3) is 5.62. The Bertz CT molecular complexity index is 1530. The molecule has 1 fully saturated rings. The number of hydrogen-bond donors (Lipinski definition) is 1. The van der Waals surface area contributed by atoms with Crippen LogP contribution in [0.4, 0.5) is 13.2 Å². The van der Waals surface area contributed by atoms with Crippen LogP contribution in [0.2, 0.25) is 0 Å². The Morgan fingerprint density at radius 3 is 2.55 bits per heavy atom. The Kier molecular flexibility index (Phi) is 7.30. The Hall–Kier alpha value is -3.21. The normalized spacial score (nSPS) is 17.9. The lowest BCUT2D eigenvalue weighted by Crippen LogP contribution is -2.45. The van der Waals surface area contributed by atoms with Crippen LogP contribution in [-0.4, -0.2) is 32.9 Å².